The van der Waals surface area contributed by atoms with Crippen LogP contribution in [0.4, 0.5) is 18.9 Å². The average molecular weight is 379 g/mol. The van der Waals surface area contributed by atoms with Crippen LogP contribution in [0.3, 0.4) is 0 Å². The number of piperidine rings is 1. The summed E-state index contributed by atoms with van der Waals surface area (Å²) in [6.07, 6.45) is -2.25. The summed E-state index contributed by atoms with van der Waals surface area (Å²) in [5.41, 5.74) is 4.86. The number of hydrogen-bond donors (Lipinski definition) is 1. The van der Waals surface area contributed by atoms with Gasteiger partial charge in [0.05, 0.1) is 5.56 Å². The minimum Gasteiger partial charge on any atom is -0.367 e. The third-order valence-electron chi connectivity index (χ3n) is 5.98. The molecule has 1 saturated heterocycles. The van der Waals surface area contributed by atoms with Gasteiger partial charge in [0.15, 0.2) is 0 Å². The standard InChI is InChI=1S/C20H18ClF3N2/c21-17-9-13(20(22,23)24)1-2-14(17)12-7-11-4-6-26-18-3-5-25-10-16(18)15(8-12)19(11)26/h1-2,7-9,16,18,25H,3-6,10H2. The van der Waals surface area contributed by atoms with Crippen molar-refractivity contribution < 1.29 is 13.2 Å². The molecule has 3 aliphatic rings. The quantitative estimate of drug-likeness (QED) is 0.763. The molecule has 2 unspecified atom stereocenters. The van der Waals surface area contributed by atoms with Crippen LogP contribution in [-0.2, 0) is 12.6 Å². The maximum absolute atomic E-state index is 12.9. The largest absolute Gasteiger partial charge is 0.416 e. The Morgan fingerprint density at radius 3 is 2.77 bits per heavy atom. The molecule has 0 amide bonds. The fraction of sp³-hybridized carbons (Fsp3) is 0.400. The van der Waals surface area contributed by atoms with E-state index in [-0.39, 0.29) is 5.02 Å². The van der Waals surface area contributed by atoms with Gasteiger partial charge in [-0.3, -0.25) is 0 Å². The van der Waals surface area contributed by atoms with Crippen LogP contribution in [0.15, 0.2) is 30.3 Å². The highest BCUT2D eigenvalue weighted by Crippen LogP contribution is 2.50. The van der Waals surface area contributed by atoms with E-state index >= 15 is 0 Å². The van der Waals surface area contributed by atoms with E-state index < -0.39 is 11.7 Å². The zero-order chi connectivity index (χ0) is 18.1. The highest BCUT2D eigenvalue weighted by Gasteiger charge is 2.43. The van der Waals surface area contributed by atoms with Crippen LogP contribution < -0.4 is 10.2 Å². The van der Waals surface area contributed by atoms with Crippen molar-refractivity contribution in [3.63, 3.8) is 0 Å². The average Bonchev–Trinajstić information content (AvgIpc) is 3.17. The van der Waals surface area contributed by atoms with Crippen molar-refractivity contribution >= 4 is 17.3 Å². The monoisotopic (exact) mass is 378 g/mol. The van der Waals surface area contributed by atoms with E-state index in [0.29, 0.717) is 17.5 Å². The summed E-state index contributed by atoms with van der Waals surface area (Å²) in [4.78, 5) is 2.54. The van der Waals surface area contributed by atoms with Crippen molar-refractivity contribution in [3.8, 4) is 11.1 Å². The van der Waals surface area contributed by atoms with Gasteiger partial charge >= 0.3 is 6.18 Å². The molecular formula is C20H18ClF3N2. The molecule has 0 aromatic heterocycles. The van der Waals surface area contributed by atoms with Crippen molar-refractivity contribution in [1.29, 1.82) is 0 Å². The van der Waals surface area contributed by atoms with E-state index in [9.17, 15) is 13.2 Å². The highest BCUT2D eigenvalue weighted by molar-refractivity contribution is 6.33. The Morgan fingerprint density at radius 1 is 1.15 bits per heavy atom. The molecule has 6 heteroatoms. The fourth-order valence-corrected chi connectivity index (χ4v) is 5.13. The van der Waals surface area contributed by atoms with Crippen LogP contribution in [0, 0.1) is 0 Å². The van der Waals surface area contributed by atoms with Crippen LogP contribution in [0.1, 0.15) is 29.0 Å². The molecule has 0 saturated carbocycles. The van der Waals surface area contributed by atoms with E-state index in [1.807, 2.05) is 0 Å². The van der Waals surface area contributed by atoms with Gasteiger partial charge in [0.1, 0.15) is 0 Å². The van der Waals surface area contributed by atoms with E-state index in [1.165, 1.54) is 22.9 Å². The molecular weight excluding hydrogens is 361 g/mol. The number of hydrogen-bond acceptors (Lipinski definition) is 2. The molecule has 0 radical (unpaired) electrons. The van der Waals surface area contributed by atoms with Gasteiger partial charge in [0.2, 0.25) is 0 Å². The lowest BCUT2D eigenvalue weighted by atomic mass is 9.87. The zero-order valence-corrected chi connectivity index (χ0v) is 14.8. The van der Waals surface area contributed by atoms with Gasteiger partial charge in [0.25, 0.3) is 0 Å². The summed E-state index contributed by atoms with van der Waals surface area (Å²) < 4.78 is 38.8. The molecule has 26 heavy (non-hydrogen) atoms. The smallest absolute Gasteiger partial charge is 0.367 e. The SMILES string of the molecule is FC(F)(F)c1ccc(-c2cc3c4c(c2)C2CNCCC2N4CC3)c(Cl)c1. The first-order valence-corrected chi connectivity index (χ1v) is 9.32. The number of halogens is 4. The van der Waals surface area contributed by atoms with Crippen LogP contribution in [0.25, 0.3) is 11.1 Å². The number of nitrogens with one attached hydrogen (secondary N) is 1. The zero-order valence-electron chi connectivity index (χ0n) is 14.0. The second-order valence-electron chi connectivity index (χ2n) is 7.38. The first kappa shape index (κ1) is 16.5. The van der Waals surface area contributed by atoms with Crippen LogP contribution in [-0.4, -0.2) is 25.7 Å². The normalized spacial score (nSPS) is 23.9. The van der Waals surface area contributed by atoms with Crippen LogP contribution in [0.2, 0.25) is 5.02 Å². The number of fused-ring (bicyclic) bond motifs is 3. The summed E-state index contributed by atoms with van der Waals surface area (Å²) in [7, 11) is 0. The van der Waals surface area contributed by atoms with E-state index in [0.717, 1.165) is 50.2 Å². The minimum absolute atomic E-state index is 0.151. The lowest BCUT2D eigenvalue weighted by Crippen LogP contribution is -2.43. The molecule has 5 rings (SSSR count). The van der Waals surface area contributed by atoms with Crippen molar-refractivity contribution in [3.05, 3.63) is 52.0 Å². The van der Waals surface area contributed by atoms with Crippen molar-refractivity contribution in [2.45, 2.75) is 31.0 Å². The molecule has 2 aromatic carbocycles. The molecule has 1 fully saturated rings. The first-order valence-electron chi connectivity index (χ1n) is 8.95. The molecule has 0 spiro atoms. The lowest BCUT2D eigenvalue weighted by Gasteiger charge is -2.32. The predicted molar refractivity (Wildman–Crippen MR) is 97.0 cm³/mol. The van der Waals surface area contributed by atoms with Crippen molar-refractivity contribution in [2.24, 2.45) is 0 Å². The minimum atomic E-state index is -4.38. The molecule has 2 atom stereocenters. The Balaban J connectivity index is 1.61. The topological polar surface area (TPSA) is 15.3 Å². The summed E-state index contributed by atoms with van der Waals surface area (Å²) in [5, 5.41) is 3.63. The number of rotatable bonds is 1. The molecule has 3 aliphatic heterocycles. The molecule has 0 aliphatic carbocycles. The van der Waals surface area contributed by atoms with E-state index in [2.05, 4.69) is 22.3 Å². The molecule has 1 N–H and O–H groups in total. The third-order valence-corrected chi connectivity index (χ3v) is 6.29. The lowest BCUT2D eigenvalue weighted by molar-refractivity contribution is -0.137. The Kier molecular flexibility index (Phi) is 3.57. The molecule has 2 nitrogen and oxygen atoms in total. The van der Waals surface area contributed by atoms with Gasteiger partial charge in [-0.15, -0.1) is 0 Å². The Hall–Kier alpha value is -1.72. The van der Waals surface area contributed by atoms with Crippen LogP contribution in [0.5, 0.6) is 0 Å². The Morgan fingerprint density at radius 2 is 2.00 bits per heavy atom. The Bertz CT molecular complexity index is 893. The van der Waals surface area contributed by atoms with Gasteiger partial charge in [-0.1, -0.05) is 17.7 Å². The van der Waals surface area contributed by atoms with Gasteiger partial charge in [-0.25, -0.2) is 0 Å². The Labute approximate surface area is 155 Å². The summed E-state index contributed by atoms with van der Waals surface area (Å²) >= 11 is 6.24. The maximum atomic E-state index is 12.9. The predicted octanol–water partition coefficient (Wildman–Crippen LogP) is 4.85. The van der Waals surface area contributed by atoms with Crippen molar-refractivity contribution in [1.82, 2.24) is 5.32 Å². The molecule has 3 heterocycles. The van der Waals surface area contributed by atoms with Gasteiger partial charge in [-0.05, 0) is 60.3 Å². The number of nitrogens with zero attached hydrogens (tertiary/aromatic N) is 1. The van der Waals surface area contributed by atoms with Gasteiger partial charge in [-0.2, -0.15) is 13.2 Å². The second kappa shape index (κ2) is 5.64. The molecule has 2 aromatic rings. The summed E-state index contributed by atoms with van der Waals surface area (Å²) in [5.74, 6) is 0.450. The van der Waals surface area contributed by atoms with E-state index in [4.69, 9.17) is 11.6 Å². The number of benzene rings is 2. The fourth-order valence-electron chi connectivity index (χ4n) is 4.84. The number of alkyl halides is 3. The molecule has 0 bridgehead atoms. The van der Waals surface area contributed by atoms with Gasteiger partial charge < -0.3 is 10.2 Å². The van der Waals surface area contributed by atoms with Crippen molar-refractivity contribution in [2.75, 3.05) is 24.5 Å². The molecule has 136 valence electrons. The summed E-state index contributed by atoms with van der Waals surface area (Å²) in [6, 6.07) is 8.44. The second-order valence-corrected chi connectivity index (χ2v) is 7.78. The van der Waals surface area contributed by atoms with Gasteiger partial charge in [0, 0.05) is 41.3 Å². The van der Waals surface area contributed by atoms with E-state index in [1.54, 1.807) is 0 Å². The third kappa shape index (κ3) is 2.37. The highest BCUT2D eigenvalue weighted by atomic mass is 35.5. The number of anilines is 1. The first-order chi connectivity index (χ1) is 12.4. The summed E-state index contributed by atoms with van der Waals surface area (Å²) in [6.45, 7) is 3.03. The van der Waals surface area contributed by atoms with Crippen LogP contribution >= 0.6 is 11.6 Å². The maximum Gasteiger partial charge on any atom is 0.416 e.